The molecule has 0 atom stereocenters. The highest BCUT2D eigenvalue weighted by Gasteiger charge is 2.04. The number of rotatable bonds is 6. The quantitative estimate of drug-likeness (QED) is 0.750. The van der Waals surface area contributed by atoms with Crippen LogP contribution >= 0.6 is 0 Å². The van der Waals surface area contributed by atoms with Gasteiger partial charge in [-0.1, -0.05) is 18.2 Å². The standard InChI is InChI=1S/C20H17N3O2/c21-11-16-3-1-15(2-4-16)6-8-20(24)23-13-17-5-7-19(22-12-17)18-9-10-25-14-18/h1-5,7,9-10,12,14H,6,8,13H2,(H,23,24). The molecule has 5 heteroatoms. The topological polar surface area (TPSA) is 78.9 Å². The Balaban J connectivity index is 1.46. The van der Waals surface area contributed by atoms with Gasteiger partial charge in [0.15, 0.2) is 0 Å². The molecule has 0 bridgehead atoms. The largest absolute Gasteiger partial charge is 0.472 e. The Labute approximate surface area is 145 Å². The molecule has 0 aliphatic heterocycles. The average Bonchev–Trinajstić information content (AvgIpc) is 3.20. The highest BCUT2D eigenvalue weighted by atomic mass is 16.3. The lowest BCUT2D eigenvalue weighted by Gasteiger charge is -2.06. The lowest BCUT2D eigenvalue weighted by molar-refractivity contribution is -0.121. The van der Waals surface area contributed by atoms with Gasteiger partial charge in [-0.25, -0.2) is 0 Å². The Bertz CT molecular complexity index is 861. The second-order valence-electron chi connectivity index (χ2n) is 5.65. The Kier molecular flexibility index (Phi) is 5.22. The summed E-state index contributed by atoms with van der Waals surface area (Å²) in [7, 11) is 0. The first kappa shape index (κ1) is 16.5. The molecule has 0 radical (unpaired) electrons. The molecule has 5 nitrogen and oxygen atoms in total. The number of carbonyl (C=O) groups excluding carboxylic acids is 1. The van der Waals surface area contributed by atoms with Gasteiger partial charge in [0, 0.05) is 24.7 Å². The molecule has 1 amide bonds. The predicted octanol–water partition coefficient (Wildman–Crippen LogP) is 3.46. The van der Waals surface area contributed by atoms with Crippen LogP contribution < -0.4 is 5.32 Å². The van der Waals surface area contributed by atoms with Gasteiger partial charge in [-0.05, 0) is 41.8 Å². The Morgan fingerprint density at radius 3 is 2.56 bits per heavy atom. The van der Waals surface area contributed by atoms with E-state index in [0.717, 1.165) is 22.4 Å². The number of nitrogens with one attached hydrogen (secondary N) is 1. The van der Waals surface area contributed by atoms with Gasteiger partial charge in [0.2, 0.25) is 5.91 Å². The Morgan fingerprint density at radius 1 is 1.12 bits per heavy atom. The molecule has 0 unspecified atom stereocenters. The van der Waals surface area contributed by atoms with Crippen molar-refractivity contribution in [3.05, 3.63) is 77.9 Å². The van der Waals surface area contributed by atoms with Gasteiger partial charge < -0.3 is 9.73 Å². The first-order chi connectivity index (χ1) is 12.2. The minimum Gasteiger partial charge on any atom is -0.472 e. The van der Waals surface area contributed by atoms with Gasteiger partial charge in [0.1, 0.15) is 0 Å². The molecule has 3 aromatic rings. The zero-order valence-electron chi connectivity index (χ0n) is 13.6. The van der Waals surface area contributed by atoms with Crippen molar-refractivity contribution < 1.29 is 9.21 Å². The van der Waals surface area contributed by atoms with E-state index in [-0.39, 0.29) is 5.91 Å². The summed E-state index contributed by atoms with van der Waals surface area (Å²) in [6.45, 7) is 0.449. The van der Waals surface area contributed by atoms with E-state index in [4.69, 9.17) is 9.68 Å². The molecule has 2 heterocycles. The van der Waals surface area contributed by atoms with Crippen molar-refractivity contribution in [2.24, 2.45) is 0 Å². The molecular weight excluding hydrogens is 314 g/mol. The second-order valence-corrected chi connectivity index (χ2v) is 5.65. The van der Waals surface area contributed by atoms with E-state index in [0.29, 0.717) is 24.9 Å². The van der Waals surface area contributed by atoms with E-state index in [1.54, 1.807) is 30.9 Å². The maximum atomic E-state index is 12.0. The van der Waals surface area contributed by atoms with E-state index >= 15 is 0 Å². The molecule has 124 valence electrons. The third-order valence-corrected chi connectivity index (χ3v) is 3.86. The third kappa shape index (κ3) is 4.55. The minimum absolute atomic E-state index is 0.0109. The molecule has 1 N–H and O–H groups in total. The van der Waals surface area contributed by atoms with Crippen molar-refractivity contribution in [1.29, 1.82) is 5.26 Å². The predicted molar refractivity (Wildman–Crippen MR) is 93.3 cm³/mol. The number of hydrogen-bond donors (Lipinski definition) is 1. The van der Waals surface area contributed by atoms with Crippen molar-refractivity contribution in [3.8, 4) is 17.3 Å². The van der Waals surface area contributed by atoms with Crippen molar-refractivity contribution in [3.63, 3.8) is 0 Å². The number of aryl methyl sites for hydroxylation is 1. The first-order valence-electron chi connectivity index (χ1n) is 7.98. The zero-order valence-corrected chi connectivity index (χ0v) is 13.6. The lowest BCUT2D eigenvalue weighted by Crippen LogP contribution is -2.23. The second kappa shape index (κ2) is 7.93. The third-order valence-electron chi connectivity index (χ3n) is 3.86. The van der Waals surface area contributed by atoms with Gasteiger partial charge in [-0.15, -0.1) is 0 Å². The summed E-state index contributed by atoms with van der Waals surface area (Å²) >= 11 is 0. The molecule has 0 aliphatic rings. The number of aromatic nitrogens is 1. The summed E-state index contributed by atoms with van der Waals surface area (Å²) in [5, 5.41) is 11.7. The van der Waals surface area contributed by atoms with E-state index < -0.39 is 0 Å². The molecular formula is C20H17N3O2. The minimum atomic E-state index is -0.0109. The molecule has 25 heavy (non-hydrogen) atoms. The van der Waals surface area contributed by atoms with Gasteiger partial charge in [-0.3, -0.25) is 9.78 Å². The number of carbonyl (C=O) groups is 1. The smallest absolute Gasteiger partial charge is 0.220 e. The summed E-state index contributed by atoms with van der Waals surface area (Å²) in [5.74, 6) is -0.0109. The van der Waals surface area contributed by atoms with Gasteiger partial charge >= 0.3 is 0 Å². The van der Waals surface area contributed by atoms with E-state index in [9.17, 15) is 4.79 Å². The number of benzene rings is 1. The van der Waals surface area contributed by atoms with Crippen LogP contribution in [0.3, 0.4) is 0 Å². The van der Waals surface area contributed by atoms with Crippen LogP contribution in [0.15, 0.2) is 65.6 Å². The van der Waals surface area contributed by atoms with E-state index in [2.05, 4.69) is 16.4 Å². The number of amides is 1. The SMILES string of the molecule is N#Cc1ccc(CCC(=O)NCc2ccc(-c3ccoc3)nc2)cc1. The number of pyridine rings is 1. The Hall–Kier alpha value is -3.39. The van der Waals surface area contributed by atoms with Crippen molar-refractivity contribution in [2.75, 3.05) is 0 Å². The van der Waals surface area contributed by atoms with E-state index in [1.807, 2.05) is 30.3 Å². The van der Waals surface area contributed by atoms with Crippen LogP contribution in [0.25, 0.3) is 11.3 Å². The summed E-state index contributed by atoms with van der Waals surface area (Å²) < 4.78 is 5.04. The fraction of sp³-hybridized carbons (Fsp3) is 0.150. The summed E-state index contributed by atoms with van der Waals surface area (Å²) in [6.07, 6.45) is 6.07. The summed E-state index contributed by atoms with van der Waals surface area (Å²) in [6, 6.07) is 15.1. The van der Waals surface area contributed by atoms with Crippen LogP contribution in [0.2, 0.25) is 0 Å². The van der Waals surface area contributed by atoms with Crippen LogP contribution in [0.4, 0.5) is 0 Å². The molecule has 0 saturated carbocycles. The van der Waals surface area contributed by atoms with Crippen LogP contribution in [-0.4, -0.2) is 10.9 Å². The lowest BCUT2D eigenvalue weighted by atomic mass is 10.1. The highest BCUT2D eigenvalue weighted by Crippen LogP contribution is 2.17. The highest BCUT2D eigenvalue weighted by molar-refractivity contribution is 5.76. The van der Waals surface area contributed by atoms with Crippen LogP contribution in [-0.2, 0) is 17.8 Å². The first-order valence-corrected chi connectivity index (χ1v) is 7.98. The van der Waals surface area contributed by atoms with Crippen LogP contribution in [0, 0.1) is 11.3 Å². The van der Waals surface area contributed by atoms with Crippen LogP contribution in [0.5, 0.6) is 0 Å². The van der Waals surface area contributed by atoms with Gasteiger partial charge in [0.25, 0.3) is 0 Å². The Morgan fingerprint density at radius 2 is 1.92 bits per heavy atom. The maximum absolute atomic E-state index is 12.0. The maximum Gasteiger partial charge on any atom is 0.220 e. The van der Waals surface area contributed by atoms with Crippen molar-refractivity contribution >= 4 is 5.91 Å². The molecule has 0 saturated heterocycles. The average molecular weight is 331 g/mol. The number of furan rings is 1. The molecule has 3 rings (SSSR count). The van der Waals surface area contributed by atoms with Crippen molar-refractivity contribution in [2.45, 2.75) is 19.4 Å². The van der Waals surface area contributed by atoms with Gasteiger partial charge in [-0.2, -0.15) is 5.26 Å². The number of nitrogens with zero attached hydrogens (tertiary/aromatic N) is 2. The van der Waals surface area contributed by atoms with Gasteiger partial charge in [0.05, 0.1) is 29.9 Å². The fourth-order valence-electron chi connectivity index (χ4n) is 2.40. The number of nitriles is 1. The van der Waals surface area contributed by atoms with Crippen molar-refractivity contribution in [1.82, 2.24) is 10.3 Å². The fourth-order valence-corrected chi connectivity index (χ4v) is 2.40. The molecule has 0 aliphatic carbocycles. The normalized spacial score (nSPS) is 10.2. The number of hydrogen-bond acceptors (Lipinski definition) is 4. The van der Waals surface area contributed by atoms with E-state index in [1.165, 1.54) is 0 Å². The molecule has 2 aromatic heterocycles. The summed E-state index contributed by atoms with van der Waals surface area (Å²) in [4.78, 5) is 16.3. The van der Waals surface area contributed by atoms with Crippen LogP contribution in [0.1, 0.15) is 23.1 Å². The molecule has 0 spiro atoms. The monoisotopic (exact) mass is 331 g/mol. The zero-order chi connectivity index (χ0) is 17.5. The summed E-state index contributed by atoms with van der Waals surface area (Å²) in [5.41, 5.74) is 4.38. The molecule has 1 aromatic carbocycles. The molecule has 0 fully saturated rings.